The van der Waals surface area contributed by atoms with Gasteiger partial charge in [0.15, 0.2) is 11.6 Å². The van der Waals surface area contributed by atoms with Crippen LogP contribution in [-0.2, 0) is 11.2 Å². The van der Waals surface area contributed by atoms with Crippen LogP contribution in [0.4, 0.5) is 8.78 Å². The van der Waals surface area contributed by atoms with E-state index in [1.54, 1.807) is 17.0 Å². The van der Waals surface area contributed by atoms with E-state index in [0.717, 1.165) is 28.3 Å². The molecule has 1 saturated heterocycles. The largest absolute Gasteiger partial charge is 0.378 e. The first kappa shape index (κ1) is 20.3. The van der Waals surface area contributed by atoms with Crippen molar-refractivity contribution in [3.05, 3.63) is 82.4 Å². The average Bonchev–Trinajstić information content (AvgIpc) is 3.18. The number of hydrogen-bond acceptors (Lipinski definition) is 3. The normalized spacial score (nSPS) is 14.8. The van der Waals surface area contributed by atoms with Crippen molar-refractivity contribution in [1.82, 2.24) is 4.90 Å². The molecule has 5 nitrogen and oxygen atoms in total. The lowest BCUT2D eigenvalue weighted by Gasteiger charge is -2.27. The summed E-state index contributed by atoms with van der Waals surface area (Å²) in [5, 5.41) is 0. The van der Waals surface area contributed by atoms with Crippen LogP contribution in [0.3, 0.4) is 0 Å². The van der Waals surface area contributed by atoms with E-state index < -0.39 is 17.5 Å². The summed E-state index contributed by atoms with van der Waals surface area (Å²) in [4.78, 5) is 26.8. The average molecular weight is 434 g/mol. The van der Waals surface area contributed by atoms with Gasteiger partial charge in [0.05, 0.1) is 13.2 Å². The molecule has 162 valence electrons. The Labute approximate surface area is 183 Å². The van der Waals surface area contributed by atoms with Crippen LogP contribution in [0.1, 0.15) is 31.8 Å². The second kappa shape index (κ2) is 7.84. The van der Waals surface area contributed by atoms with E-state index in [1.807, 2.05) is 12.1 Å². The third-order valence-corrected chi connectivity index (χ3v) is 6.09. The van der Waals surface area contributed by atoms with Gasteiger partial charge >= 0.3 is 0 Å². The Kier molecular flexibility index (Phi) is 4.98. The molecule has 1 fully saturated rings. The highest BCUT2D eigenvalue weighted by molar-refractivity contribution is 6.01. The summed E-state index contributed by atoms with van der Waals surface area (Å²) >= 11 is 0. The van der Waals surface area contributed by atoms with Crippen molar-refractivity contribution in [1.29, 1.82) is 0 Å². The number of benzene rings is 3. The third kappa shape index (κ3) is 3.35. The summed E-state index contributed by atoms with van der Waals surface area (Å²) in [6, 6.07) is 12.6. The van der Waals surface area contributed by atoms with Crippen LogP contribution in [0.25, 0.3) is 22.3 Å². The van der Waals surface area contributed by atoms with Gasteiger partial charge in [-0.05, 0) is 64.6 Å². The van der Waals surface area contributed by atoms with Gasteiger partial charge in [-0.2, -0.15) is 0 Å². The maximum Gasteiger partial charge on any atom is 0.254 e. The van der Waals surface area contributed by atoms with Crippen LogP contribution in [0, 0.1) is 11.6 Å². The molecule has 0 radical (unpaired) electrons. The second-order valence-electron chi connectivity index (χ2n) is 7.97. The summed E-state index contributed by atoms with van der Waals surface area (Å²) in [6.07, 6.45) is 0.430. The van der Waals surface area contributed by atoms with Gasteiger partial charge < -0.3 is 15.4 Å². The Morgan fingerprint density at radius 2 is 1.72 bits per heavy atom. The molecule has 0 saturated carbocycles. The van der Waals surface area contributed by atoms with Crippen molar-refractivity contribution >= 4 is 11.8 Å². The molecule has 0 spiro atoms. The summed E-state index contributed by atoms with van der Waals surface area (Å²) < 4.78 is 33.6. The van der Waals surface area contributed by atoms with E-state index in [-0.39, 0.29) is 17.0 Å². The molecule has 1 aliphatic carbocycles. The SMILES string of the molecule is NC(=O)c1cc(-c2cccc(F)c2F)cc2c1Cc1cc(C(=O)N3CCOCC3)ccc1-2. The number of primary amides is 1. The molecule has 2 N–H and O–H groups in total. The Morgan fingerprint density at radius 3 is 2.47 bits per heavy atom. The van der Waals surface area contributed by atoms with Crippen LogP contribution in [0.2, 0.25) is 0 Å². The Bertz CT molecular complexity index is 1270. The van der Waals surface area contributed by atoms with Crippen LogP contribution in [0.15, 0.2) is 48.5 Å². The van der Waals surface area contributed by atoms with Gasteiger partial charge in [0.25, 0.3) is 5.91 Å². The minimum Gasteiger partial charge on any atom is -0.378 e. The maximum absolute atomic E-state index is 14.4. The summed E-state index contributed by atoms with van der Waals surface area (Å²) in [5.74, 6) is -2.65. The fourth-order valence-electron chi connectivity index (χ4n) is 4.48. The number of amides is 2. The quantitative estimate of drug-likeness (QED) is 0.534. The van der Waals surface area contributed by atoms with Crippen LogP contribution in [0.5, 0.6) is 0 Å². The van der Waals surface area contributed by atoms with Crippen LogP contribution >= 0.6 is 0 Å². The molecule has 1 aliphatic heterocycles. The number of rotatable bonds is 3. The van der Waals surface area contributed by atoms with Crippen LogP contribution < -0.4 is 5.73 Å². The van der Waals surface area contributed by atoms with E-state index in [9.17, 15) is 18.4 Å². The van der Waals surface area contributed by atoms with Crippen LogP contribution in [-0.4, -0.2) is 43.0 Å². The lowest BCUT2D eigenvalue weighted by atomic mass is 9.93. The molecule has 2 amide bonds. The monoisotopic (exact) mass is 434 g/mol. The molecule has 3 aromatic rings. The van der Waals surface area contributed by atoms with Crippen molar-refractivity contribution in [2.75, 3.05) is 26.3 Å². The molecule has 5 rings (SSSR count). The second-order valence-corrected chi connectivity index (χ2v) is 7.97. The van der Waals surface area contributed by atoms with Crippen molar-refractivity contribution in [2.45, 2.75) is 6.42 Å². The first-order chi connectivity index (χ1) is 15.4. The Balaban J connectivity index is 1.59. The van der Waals surface area contributed by atoms with Gasteiger partial charge in [0, 0.05) is 29.8 Å². The first-order valence-corrected chi connectivity index (χ1v) is 10.4. The predicted octanol–water partition coefficient (Wildman–Crippen LogP) is 3.77. The zero-order valence-corrected chi connectivity index (χ0v) is 17.2. The number of nitrogens with zero attached hydrogens (tertiary/aromatic N) is 1. The van der Waals surface area contributed by atoms with Gasteiger partial charge in [0.2, 0.25) is 5.91 Å². The number of fused-ring (bicyclic) bond motifs is 3. The molecule has 0 atom stereocenters. The standard InChI is InChI=1S/C25H20F2N2O3/c26-22-3-1-2-18(23(22)27)16-12-19-17-5-4-14(25(31)29-6-8-32-9-7-29)10-15(17)11-20(19)21(13-16)24(28)30/h1-5,10,12-13H,6-9,11H2,(H2,28,30). The zero-order valence-electron chi connectivity index (χ0n) is 17.2. The molecule has 1 heterocycles. The van der Waals surface area contributed by atoms with E-state index in [2.05, 4.69) is 0 Å². The number of halogens is 2. The molecular weight excluding hydrogens is 414 g/mol. The highest BCUT2D eigenvalue weighted by Gasteiger charge is 2.27. The molecule has 7 heteroatoms. The summed E-state index contributed by atoms with van der Waals surface area (Å²) in [6.45, 7) is 2.13. The number of hydrogen-bond donors (Lipinski definition) is 1. The zero-order chi connectivity index (χ0) is 22.4. The van der Waals surface area contributed by atoms with Gasteiger partial charge in [-0.15, -0.1) is 0 Å². The fourth-order valence-corrected chi connectivity index (χ4v) is 4.48. The molecule has 0 aromatic heterocycles. The van der Waals surface area contributed by atoms with Gasteiger partial charge in [-0.1, -0.05) is 18.2 Å². The molecule has 32 heavy (non-hydrogen) atoms. The lowest BCUT2D eigenvalue weighted by Crippen LogP contribution is -2.40. The molecule has 2 aliphatic rings. The van der Waals surface area contributed by atoms with Gasteiger partial charge in [-0.3, -0.25) is 9.59 Å². The van der Waals surface area contributed by atoms with E-state index in [4.69, 9.17) is 10.5 Å². The number of morpholine rings is 1. The maximum atomic E-state index is 14.4. The molecule has 0 unspecified atom stereocenters. The first-order valence-electron chi connectivity index (χ1n) is 10.4. The smallest absolute Gasteiger partial charge is 0.254 e. The van der Waals surface area contributed by atoms with Crippen molar-refractivity contribution in [3.63, 3.8) is 0 Å². The lowest BCUT2D eigenvalue weighted by molar-refractivity contribution is 0.0303. The van der Waals surface area contributed by atoms with Gasteiger partial charge in [-0.25, -0.2) is 8.78 Å². The van der Waals surface area contributed by atoms with Crippen molar-refractivity contribution in [2.24, 2.45) is 5.73 Å². The minimum absolute atomic E-state index is 0.0582. The highest BCUT2D eigenvalue weighted by atomic mass is 19.2. The van der Waals surface area contributed by atoms with E-state index in [1.165, 1.54) is 18.2 Å². The number of carbonyl (C=O) groups excluding carboxylic acids is 2. The summed E-state index contributed by atoms with van der Waals surface area (Å²) in [7, 11) is 0. The minimum atomic E-state index is -0.979. The number of ether oxygens (including phenoxy) is 1. The molecular formula is C25H20F2N2O3. The number of carbonyl (C=O) groups is 2. The topological polar surface area (TPSA) is 72.6 Å². The van der Waals surface area contributed by atoms with Crippen molar-refractivity contribution in [3.8, 4) is 22.3 Å². The summed E-state index contributed by atoms with van der Waals surface area (Å²) in [5.41, 5.74) is 10.1. The van der Waals surface area contributed by atoms with E-state index >= 15 is 0 Å². The Morgan fingerprint density at radius 1 is 0.938 bits per heavy atom. The van der Waals surface area contributed by atoms with E-state index in [0.29, 0.717) is 43.9 Å². The number of nitrogens with two attached hydrogens (primary N) is 1. The molecule has 3 aromatic carbocycles. The fraction of sp³-hybridized carbons (Fsp3) is 0.200. The molecule has 0 bridgehead atoms. The predicted molar refractivity (Wildman–Crippen MR) is 115 cm³/mol. The highest BCUT2D eigenvalue weighted by Crippen LogP contribution is 2.42. The van der Waals surface area contributed by atoms with Gasteiger partial charge in [0.1, 0.15) is 0 Å². The third-order valence-electron chi connectivity index (χ3n) is 6.09. The van der Waals surface area contributed by atoms with Crippen molar-refractivity contribution < 1.29 is 23.1 Å². The Hall–Kier alpha value is -3.58.